The van der Waals surface area contributed by atoms with Gasteiger partial charge < -0.3 is 44.1 Å². The van der Waals surface area contributed by atoms with Gasteiger partial charge in [0, 0.05) is 25.4 Å². The van der Waals surface area contributed by atoms with Gasteiger partial charge in [0.25, 0.3) is 0 Å². The Bertz CT molecular complexity index is 590. The molecule has 0 aromatic rings. The van der Waals surface area contributed by atoms with Crippen molar-refractivity contribution in [2.24, 2.45) is 11.8 Å². The van der Waals surface area contributed by atoms with Gasteiger partial charge in [-0.15, -0.1) is 6.58 Å². The number of rotatable bonds is 5. The van der Waals surface area contributed by atoms with Gasteiger partial charge in [0.15, 0.2) is 6.29 Å². The molecule has 0 radical (unpaired) electrons. The van der Waals surface area contributed by atoms with E-state index >= 15 is 0 Å². The molecule has 0 saturated carbocycles. The number of hydrogen-bond donors (Lipinski definition) is 4. The third kappa shape index (κ3) is 3.74. The van der Waals surface area contributed by atoms with Crippen LogP contribution in [-0.2, 0) is 28.5 Å². The van der Waals surface area contributed by atoms with Crippen LogP contribution in [0.5, 0.6) is 0 Å². The summed E-state index contributed by atoms with van der Waals surface area (Å²) in [6.07, 6.45) is -5.65. The van der Waals surface area contributed by atoms with Gasteiger partial charge in [-0.25, -0.2) is 4.79 Å². The second kappa shape index (κ2) is 8.23. The Morgan fingerprint density at radius 1 is 1.26 bits per heavy atom. The van der Waals surface area contributed by atoms with E-state index in [0.29, 0.717) is 12.0 Å². The van der Waals surface area contributed by atoms with Gasteiger partial charge >= 0.3 is 5.97 Å². The molecule has 2 saturated heterocycles. The van der Waals surface area contributed by atoms with Gasteiger partial charge in [-0.1, -0.05) is 6.08 Å². The lowest BCUT2D eigenvalue weighted by Gasteiger charge is -2.44. The first kappa shape index (κ1) is 20.2. The number of aliphatic hydroxyl groups is 4. The molecule has 10 nitrogen and oxygen atoms in total. The van der Waals surface area contributed by atoms with Gasteiger partial charge in [-0.05, 0) is 0 Å². The lowest BCUT2D eigenvalue weighted by molar-refractivity contribution is -0.340. The first-order valence-electron chi connectivity index (χ1n) is 8.59. The topological polar surface area (TPSA) is 144 Å². The fourth-order valence-corrected chi connectivity index (χ4v) is 3.50. The average molecular weight is 388 g/mol. The van der Waals surface area contributed by atoms with Gasteiger partial charge in [0.1, 0.15) is 24.4 Å². The molecular formula is C17H24O10. The van der Waals surface area contributed by atoms with Crippen molar-refractivity contribution in [1.82, 2.24) is 0 Å². The number of cyclic esters (lactones) is 1. The van der Waals surface area contributed by atoms with Crippen molar-refractivity contribution in [2.75, 3.05) is 13.7 Å². The molecule has 2 fully saturated rings. The van der Waals surface area contributed by atoms with E-state index in [0.717, 1.165) is 0 Å². The molecule has 9 atom stereocenters. The second-order valence-corrected chi connectivity index (χ2v) is 6.64. The highest BCUT2D eigenvalue weighted by Crippen LogP contribution is 2.40. The average Bonchev–Trinajstić information content (AvgIpc) is 2.67. The van der Waals surface area contributed by atoms with Crippen molar-refractivity contribution in [3.8, 4) is 0 Å². The third-order valence-electron chi connectivity index (χ3n) is 5.08. The Morgan fingerprint density at radius 2 is 2.00 bits per heavy atom. The van der Waals surface area contributed by atoms with Crippen LogP contribution in [0.4, 0.5) is 0 Å². The number of fused-ring (bicyclic) bond motifs is 1. The van der Waals surface area contributed by atoms with Crippen molar-refractivity contribution in [1.29, 1.82) is 0 Å². The van der Waals surface area contributed by atoms with E-state index in [1.54, 1.807) is 6.08 Å². The van der Waals surface area contributed by atoms with Crippen molar-refractivity contribution in [2.45, 2.75) is 49.7 Å². The summed E-state index contributed by atoms with van der Waals surface area (Å²) in [5, 5.41) is 39.1. The summed E-state index contributed by atoms with van der Waals surface area (Å²) < 4.78 is 26.7. The van der Waals surface area contributed by atoms with E-state index < -0.39 is 61.8 Å². The number of carbonyl (C=O) groups excluding carboxylic acids is 1. The third-order valence-corrected chi connectivity index (χ3v) is 5.08. The fraction of sp³-hybridized carbons (Fsp3) is 0.706. The summed E-state index contributed by atoms with van der Waals surface area (Å²) in [5.74, 6) is -1.41. The molecule has 3 aliphatic rings. The minimum atomic E-state index is -1.57. The summed E-state index contributed by atoms with van der Waals surface area (Å²) in [6, 6.07) is 0. The molecule has 10 heteroatoms. The van der Waals surface area contributed by atoms with Crippen molar-refractivity contribution < 1.29 is 48.9 Å². The fourth-order valence-electron chi connectivity index (χ4n) is 3.50. The molecule has 0 aromatic carbocycles. The van der Waals surface area contributed by atoms with Crippen LogP contribution < -0.4 is 0 Å². The zero-order chi connectivity index (χ0) is 19.7. The lowest BCUT2D eigenvalue weighted by atomic mass is 9.80. The summed E-state index contributed by atoms with van der Waals surface area (Å²) in [6.45, 7) is 3.18. The monoisotopic (exact) mass is 388 g/mol. The van der Waals surface area contributed by atoms with Crippen molar-refractivity contribution in [3.63, 3.8) is 0 Å². The zero-order valence-electron chi connectivity index (χ0n) is 14.7. The quantitative estimate of drug-likeness (QED) is 0.320. The molecule has 3 rings (SSSR count). The molecule has 3 aliphatic heterocycles. The first-order chi connectivity index (χ1) is 12.9. The number of esters is 1. The van der Waals surface area contributed by atoms with Gasteiger partial charge in [0.2, 0.25) is 12.6 Å². The first-order valence-corrected chi connectivity index (χ1v) is 8.59. The van der Waals surface area contributed by atoms with E-state index in [1.807, 2.05) is 0 Å². The van der Waals surface area contributed by atoms with Crippen molar-refractivity contribution >= 4 is 5.97 Å². The molecule has 0 aliphatic carbocycles. The molecule has 27 heavy (non-hydrogen) atoms. The smallest absolute Gasteiger partial charge is 0.339 e. The van der Waals surface area contributed by atoms with E-state index in [1.165, 1.54) is 13.4 Å². The lowest BCUT2D eigenvalue weighted by Crippen LogP contribution is -2.60. The Labute approximate surface area is 155 Å². The second-order valence-electron chi connectivity index (χ2n) is 6.64. The molecule has 0 bridgehead atoms. The van der Waals surface area contributed by atoms with E-state index in [4.69, 9.17) is 23.7 Å². The Kier molecular flexibility index (Phi) is 6.16. The van der Waals surface area contributed by atoms with Crippen LogP contribution in [0.25, 0.3) is 0 Å². The highest BCUT2D eigenvalue weighted by atomic mass is 16.8. The zero-order valence-corrected chi connectivity index (χ0v) is 14.7. The molecule has 0 amide bonds. The van der Waals surface area contributed by atoms with Crippen LogP contribution in [0.2, 0.25) is 0 Å². The summed E-state index contributed by atoms with van der Waals surface area (Å²) in [4.78, 5) is 12.1. The van der Waals surface area contributed by atoms with Gasteiger partial charge in [-0.2, -0.15) is 0 Å². The Balaban J connectivity index is 1.77. The number of carbonyl (C=O) groups is 1. The molecule has 0 aromatic heterocycles. The molecule has 0 unspecified atom stereocenters. The highest BCUT2D eigenvalue weighted by Gasteiger charge is 2.49. The molecule has 152 valence electrons. The maximum Gasteiger partial charge on any atom is 0.339 e. The van der Waals surface area contributed by atoms with Crippen LogP contribution >= 0.6 is 0 Å². The van der Waals surface area contributed by atoms with Crippen LogP contribution in [-0.4, -0.2) is 83.4 Å². The van der Waals surface area contributed by atoms with E-state index in [-0.39, 0.29) is 5.92 Å². The normalized spacial score (nSPS) is 44.6. The van der Waals surface area contributed by atoms with Crippen LogP contribution in [0.1, 0.15) is 6.42 Å². The number of aliphatic hydroxyl groups excluding tert-OH is 4. The van der Waals surface area contributed by atoms with Crippen molar-refractivity contribution in [3.05, 3.63) is 24.5 Å². The van der Waals surface area contributed by atoms with E-state index in [9.17, 15) is 25.2 Å². The Morgan fingerprint density at radius 3 is 2.63 bits per heavy atom. The molecule has 0 spiro atoms. The largest absolute Gasteiger partial charge is 0.471 e. The molecule has 4 N–H and O–H groups in total. The number of ether oxygens (including phenoxy) is 5. The summed E-state index contributed by atoms with van der Waals surface area (Å²) in [5.41, 5.74) is 0.321. The maximum absolute atomic E-state index is 12.1. The number of hydrogen-bond acceptors (Lipinski definition) is 10. The minimum Gasteiger partial charge on any atom is -0.471 e. The number of methoxy groups -OCH3 is 1. The van der Waals surface area contributed by atoms with E-state index in [2.05, 4.69) is 6.58 Å². The van der Waals surface area contributed by atoms with Crippen LogP contribution in [0.3, 0.4) is 0 Å². The predicted molar refractivity (Wildman–Crippen MR) is 86.5 cm³/mol. The predicted octanol–water partition coefficient (Wildman–Crippen LogP) is -1.62. The maximum atomic E-state index is 12.1. The van der Waals surface area contributed by atoms with Crippen LogP contribution in [0.15, 0.2) is 24.5 Å². The van der Waals surface area contributed by atoms with Crippen LogP contribution in [0, 0.1) is 11.8 Å². The summed E-state index contributed by atoms with van der Waals surface area (Å²) >= 11 is 0. The molecule has 3 heterocycles. The Hall–Kier alpha value is -1.53. The van der Waals surface area contributed by atoms with Gasteiger partial charge in [0.05, 0.1) is 18.4 Å². The van der Waals surface area contributed by atoms with Gasteiger partial charge in [-0.3, -0.25) is 0 Å². The minimum absolute atomic E-state index is 0.321. The summed E-state index contributed by atoms with van der Waals surface area (Å²) in [7, 11) is 1.43. The molecular weight excluding hydrogens is 364 g/mol. The standard InChI is InChI=1S/C17H24O10/c1-3-7-8-4-11(23-2)26-15(22)9(8)6-24-16(7)27-17-14(21)13(20)12(19)10(5-18)25-17/h3,6-8,10-14,16-21H,1,4-5H2,2H3/t7-,8+,10+,11+,12+,13-,14+,16+,17-/m1/s1. The SMILES string of the molecule is C=C[C@H]1[C@H](O[C@H]2O[C@@H](CO)[C@H](O)[C@@H](O)[C@@H]2O)OC=C2C(=O)O[C@H](OC)C[C@H]21. The highest BCUT2D eigenvalue weighted by molar-refractivity contribution is 5.89.